The molecule has 0 unspecified atom stereocenters. The molecular weight excluding hydrogens is 453 g/mol. The van der Waals surface area contributed by atoms with Crippen LogP contribution in [0, 0.1) is 5.82 Å². The smallest absolute Gasteiger partial charge is 0.255 e. The number of unbranched alkanes of at least 4 members (excludes halogenated alkanes) is 2. The number of H-pyrrole nitrogens is 1. The summed E-state index contributed by atoms with van der Waals surface area (Å²) >= 11 is 0. The lowest BCUT2D eigenvalue weighted by Gasteiger charge is -2.10. The van der Waals surface area contributed by atoms with E-state index in [9.17, 15) is 14.0 Å². The van der Waals surface area contributed by atoms with Gasteiger partial charge in [0.2, 0.25) is 5.82 Å². The third-order valence-electron chi connectivity index (χ3n) is 5.03. The lowest BCUT2D eigenvalue weighted by molar-refractivity contribution is 0.102. The van der Waals surface area contributed by atoms with Crippen molar-refractivity contribution in [3.8, 4) is 17.3 Å². The Bertz CT molecular complexity index is 1410. The van der Waals surface area contributed by atoms with Crippen LogP contribution in [-0.2, 0) is 0 Å². The zero-order chi connectivity index (χ0) is 24.6. The summed E-state index contributed by atoms with van der Waals surface area (Å²) in [6.07, 6.45) is 8.87. The number of aromatic amines is 1. The largest absolute Gasteiger partial charge is 0.490 e. The highest BCUT2D eigenvalue weighted by Gasteiger charge is 2.17. The summed E-state index contributed by atoms with van der Waals surface area (Å²) in [7, 11) is 0. The Morgan fingerprint density at radius 3 is 2.74 bits per heavy atom. The van der Waals surface area contributed by atoms with Crippen molar-refractivity contribution < 1.29 is 18.3 Å². The van der Waals surface area contributed by atoms with Crippen LogP contribution in [0.1, 0.15) is 29.6 Å². The predicted molar refractivity (Wildman–Crippen MR) is 129 cm³/mol. The molecule has 0 radical (unpaired) electrons. The van der Waals surface area contributed by atoms with Crippen LogP contribution in [-0.4, -0.2) is 33.1 Å². The van der Waals surface area contributed by atoms with Gasteiger partial charge in [-0.05, 0) is 60.0 Å². The van der Waals surface area contributed by atoms with Crippen LogP contribution in [0.5, 0.6) is 5.75 Å². The standard InChI is InChI=1S/C25H22FN5O4/c1-2-3-4-5-6-7-12-34-18-10-8-16(9-11-18)25(33)27-20-14-17(26)13-19-21(32)15-22(35-23(19)20)24-28-30-31-29-24/h2,6-11,13-15H,1,3-5,12H2,(H,27,33)(H,28,29,30,31)/b7-6+. The lowest BCUT2D eigenvalue weighted by atomic mass is 10.1. The molecule has 0 bridgehead atoms. The molecule has 2 aromatic carbocycles. The number of rotatable bonds is 10. The molecule has 10 heteroatoms. The summed E-state index contributed by atoms with van der Waals surface area (Å²) in [4.78, 5) is 25.3. The molecule has 9 nitrogen and oxygen atoms in total. The van der Waals surface area contributed by atoms with Crippen molar-refractivity contribution in [3.63, 3.8) is 0 Å². The number of ether oxygens (including phenoxy) is 1. The number of hydrogen-bond acceptors (Lipinski definition) is 7. The first-order valence-corrected chi connectivity index (χ1v) is 10.9. The van der Waals surface area contributed by atoms with Gasteiger partial charge in [-0.15, -0.1) is 11.7 Å². The molecule has 4 rings (SSSR count). The summed E-state index contributed by atoms with van der Waals surface area (Å²) in [5.41, 5.74) is -0.201. The van der Waals surface area contributed by atoms with Gasteiger partial charge in [0, 0.05) is 17.7 Å². The van der Waals surface area contributed by atoms with Gasteiger partial charge >= 0.3 is 0 Å². The van der Waals surface area contributed by atoms with Crippen molar-refractivity contribution in [2.24, 2.45) is 0 Å². The van der Waals surface area contributed by atoms with Gasteiger partial charge in [-0.1, -0.05) is 18.2 Å². The zero-order valence-electron chi connectivity index (χ0n) is 18.7. The van der Waals surface area contributed by atoms with E-state index in [0.717, 1.165) is 37.5 Å². The van der Waals surface area contributed by atoms with Crippen LogP contribution in [0.15, 0.2) is 76.5 Å². The fraction of sp³-hybridized carbons (Fsp3) is 0.160. The number of benzene rings is 2. The van der Waals surface area contributed by atoms with Crippen molar-refractivity contribution in [2.75, 3.05) is 11.9 Å². The molecular formula is C25H22FN5O4. The van der Waals surface area contributed by atoms with E-state index in [1.807, 2.05) is 12.2 Å². The molecule has 2 N–H and O–H groups in total. The Hall–Kier alpha value is -4.60. The molecule has 2 heterocycles. The van der Waals surface area contributed by atoms with Crippen molar-refractivity contribution in [3.05, 3.63) is 88.9 Å². The molecule has 0 aliphatic carbocycles. The number of fused-ring (bicyclic) bond motifs is 1. The molecule has 0 aliphatic heterocycles. The highest BCUT2D eigenvalue weighted by atomic mass is 19.1. The number of allylic oxidation sites excluding steroid dienone is 2. The van der Waals surface area contributed by atoms with Crippen molar-refractivity contribution in [1.29, 1.82) is 0 Å². The predicted octanol–water partition coefficient (Wildman–Crippen LogP) is 4.66. The first-order valence-electron chi connectivity index (χ1n) is 10.9. The van der Waals surface area contributed by atoms with Crippen LogP contribution in [0.3, 0.4) is 0 Å². The van der Waals surface area contributed by atoms with Crippen LogP contribution in [0.2, 0.25) is 0 Å². The zero-order valence-corrected chi connectivity index (χ0v) is 18.7. The van der Waals surface area contributed by atoms with E-state index in [4.69, 9.17) is 9.15 Å². The van der Waals surface area contributed by atoms with Gasteiger partial charge in [0.05, 0.1) is 11.1 Å². The Morgan fingerprint density at radius 1 is 1.17 bits per heavy atom. The summed E-state index contributed by atoms with van der Waals surface area (Å²) in [6.45, 7) is 4.11. The molecule has 1 amide bonds. The average Bonchev–Trinajstić information content (AvgIpc) is 3.39. The number of amides is 1. The molecule has 35 heavy (non-hydrogen) atoms. The molecule has 4 aromatic rings. The summed E-state index contributed by atoms with van der Waals surface area (Å²) in [6, 6.07) is 9.76. The summed E-state index contributed by atoms with van der Waals surface area (Å²) < 4.78 is 25.6. The van der Waals surface area contributed by atoms with Gasteiger partial charge in [0.1, 0.15) is 18.2 Å². The number of hydrogen-bond donors (Lipinski definition) is 2. The van der Waals surface area contributed by atoms with Crippen molar-refractivity contribution in [1.82, 2.24) is 20.6 Å². The number of carbonyl (C=O) groups excluding carboxylic acids is 1. The fourth-order valence-corrected chi connectivity index (χ4v) is 3.30. The Labute approximate surface area is 199 Å². The quantitative estimate of drug-likeness (QED) is 0.253. The lowest BCUT2D eigenvalue weighted by Crippen LogP contribution is -2.13. The molecule has 0 saturated heterocycles. The second kappa shape index (κ2) is 11.0. The molecule has 0 atom stereocenters. The maximum atomic E-state index is 14.2. The van der Waals surface area contributed by atoms with Crippen molar-refractivity contribution in [2.45, 2.75) is 19.3 Å². The van der Waals surface area contributed by atoms with Crippen LogP contribution in [0.4, 0.5) is 10.1 Å². The number of nitrogens with one attached hydrogen (secondary N) is 2. The molecule has 178 valence electrons. The Balaban J connectivity index is 1.48. The Kier molecular flexibility index (Phi) is 7.41. The highest BCUT2D eigenvalue weighted by Crippen LogP contribution is 2.27. The minimum absolute atomic E-state index is 0.00141. The minimum atomic E-state index is -0.699. The van der Waals surface area contributed by atoms with E-state index < -0.39 is 17.2 Å². The molecule has 0 aliphatic rings. The number of tetrazole rings is 1. The SMILES string of the molecule is C=CCCC/C=C/COc1ccc(C(=O)Nc2cc(F)cc3c(=O)cc(-c4nnn[nH]4)oc23)cc1. The van der Waals surface area contributed by atoms with Crippen molar-refractivity contribution >= 4 is 22.6 Å². The van der Waals surface area contributed by atoms with E-state index in [1.165, 1.54) is 0 Å². The minimum Gasteiger partial charge on any atom is -0.490 e. The number of aromatic nitrogens is 4. The van der Waals surface area contributed by atoms with Crippen LogP contribution in [0.25, 0.3) is 22.6 Å². The molecule has 0 saturated carbocycles. The van der Waals surface area contributed by atoms with E-state index in [2.05, 4.69) is 38.6 Å². The summed E-state index contributed by atoms with van der Waals surface area (Å²) in [5.74, 6) is -0.445. The van der Waals surface area contributed by atoms with Crippen LogP contribution < -0.4 is 15.5 Å². The first-order chi connectivity index (χ1) is 17.0. The second-order valence-electron chi connectivity index (χ2n) is 7.54. The van der Waals surface area contributed by atoms with Gasteiger partial charge in [0.25, 0.3) is 5.91 Å². The maximum absolute atomic E-state index is 14.2. The number of carbonyl (C=O) groups is 1. The number of nitrogens with zero attached hydrogens (tertiary/aromatic N) is 3. The maximum Gasteiger partial charge on any atom is 0.255 e. The normalized spacial score (nSPS) is 11.1. The number of anilines is 1. The van der Waals surface area contributed by atoms with Crippen LogP contribution >= 0.6 is 0 Å². The van der Waals surface area contributed by atoms with Gasteiger partial charge in [0.15, 0.2) is 16.8 Å². The third kappa shape index (κ3) is 5.85. The molecule has 2 aromatic heterocycles. The third-order valence-corrected chi connectivity index (χ3v) is 5.03. The number of halogens is 1. The monoisotopic (exact) mass is 475 g/mol. The van der Waals surface area contributed by atoms with E-state index in [0.29, 0.717) is 17.9 Å². The van der Waals surface area contributed by atoms with Gasteiger partial charge in [-0.25, -0.2) is 9.49 Å². The highest BCUT2D eigenvalue weighted by molar-refractivity contribution is 6.08. The first kappa shape index (κ1) is 23.6. The second-order valence-corrected chi connectivity index (χ2v) is 7.54. The van der Waals surface area contributed by atoms with Gasteiger partial charge in [-0.3, -0.25) is 9.59 Å². The van der Waals surface area contributed by atoms with Gasteiger partial charge < -0.3 is 14.5 Å². The average molecular weight is 475 g/mol. The van der Waals surface area contributed by atoms with Gasteiger partial charge in [-0.2, -0.15) is 0 Å². The Morgan fingerprint density at radius 2 is 2.00 bits per heavy atom. The summed E-state index contributed by atoms with van der Waals surface area (Å²) in [5, 5.41) is 15.7. The van der Waals surface area contributed by atoms with E-state index in [-0.39, 0.29) is 28.2 Å². The topological polar surface area (TPSA) is 123 Å². The molecule has 0 spiro atoms. The van der Waals surface area contributed by atoms with E-state index >= 15 is 0 Å². The fourth-order valence-electron chi connectivity index (χ4n) is 3.30. The van der Waals surface area contributed by atoms with E-state index in [1.54, 1.807) is 24.3 Å². The molecule has 0 fully saturated rings.